The SMILES string of the molecule is B.NC(CC1(O)C=CC(O)=CC1)C(=O)O. The molecule has 1 aliphatic rings. The summed E-state index contributed by atoms with van der Waals surface area (Å²) >= 11 is 0. The van der Waals surface area contributed by atoms with Gasteiger partial charge in [-0.25, -0.2) is 0 Å². The first-order valence-electron chi connectivity index (χ1n) is 4.22. The second kappa shape index (κ2) is 5.00. The first-order valence-corrected chi connectivity index (χ1v) is 4.22. The third-order valence-electron chi connectivity index (χ3n) is 2.12. The fourth-order valence-corrected chi connectivity index (χ4v) is 1.28. The Hall–Kier alpha value is -1.27. The number of aliphatic carboxylic acids is 1. The van der Waals surface area contributed by atoms with E-state index in [1.165, 1.54) is 18.2 Å². The van der Waals surface area contributed by atoms with Gasteiger partial charge in [0.1, 0.15) is 11.8 Å². The van der Waals surface area contributed by atoms with Gasteiger partial charge in [0, 0.05) is 12.8 Å². The van der Waals surface area contributed by atoms with Crippen molar-refractivity contribution in [3.8, 4) is 0 Å². The molecule has 84 valence electrons. The van der Waals surface area contributed by atoms with Gasteiger partial charge in [-0.2, -0.15) is 0 Å². The largest absolute Gasteiger partial charge is 0.508 e. The summed E-state index contributed by atoms with van der Waals surface area (Å²) in [6.45, 7) is 0. The summed E-state index contributed by atoms with van der Waals surface area (Å²) in [6, 6.07) is -1.10. The van der Waals surface area contributed by atoms with Crippen LogP contribution in [0.15, 0.2) is 24.0 Å². The summed E-state index contributed by atoms with van der Waals surface area (Å²) in [5, 5.41) is 27.4. The quantitative estimate of drug-likeness (QED) is 0.438. The van der Waals surface area contributed by atoms with Gasteiger partial charge in [-0.1, -0.05) is 0 Å². The number of carbonyl (C=O) groups is 1. The molecule has 0 radical (unpaired) electrons. The zero-order chi connectivity index (χ0) is 10.8. The monoisotopic (exact) mass is 213 g/mol. The van der Waals surface area contributed by atoms with E-state index < -0.39 is 17.6 Å². The second-order valence-electron chi connectivity index (χ2n) is 3.42. The third kappa shape index (κ3) is 3.77. The van der Waals surface area contributed by atoms with Crippen molar-refractivity contribution < 1.29 is 20.1 Å². The molecule has 0 aromatic rings. The first-order chi connectivity index (χ1) is 6.43. The number of carboxylic acids is 1. The minimum Gasteiger partial charge on any atom is -0.508 e. The predicted octanol–water partition coefficient (Wildman–Crippen LogP) is -1.26. The molecule has 6 heteroatoms. The van der Waals surface area contributed by atoms with Crippen LogP contribution in [0.3, 0.4) is 0 Å². The number of aliphatic hydroxyl groups is 2. The molecule has 5 nitrogen and oxygen atoms in total. The first kappa shape index (κ1) is 13.7. The molecule has 0 amide bonds. The van der Waals surface area contributed by atoms with Crippen molar-refractivity contribution in [2.75, 3.05) is 0 Å². The van der Waals surface area contributed by atoms with Crippen molar-refractivity contribution in [1.82, 2.24) is 0 Å². The van der Waals surface area contributed by atoms with Crippen LogP contribution in [0, 0.1) is 0 Å². The van der Waals surface area contributed by atoms with Crippen LogP contribution in [-0.2, 0) is 4.79 Å². The Morgan fingerprint density at radius 2 is 2.27 bits per heavy atom. The molecule has 0 saturated heterocycles. The van der Waals surface area contributed by atoms with Crippen LogP contribution < -0.4 is 5.73 Å². The Morgan fingerprint density at radius 3 is 2.67 bits per heavy atom. The molecule has 0 saturated carbocycles. The Labute approximate surface area is 89.5 Å². The molecule has 0 spiro atoms. The molecular formula is C9H16BNO4. The maximum atomic E-state index is 10.5. The van der Waals surface area contributed by atoms with Crippen molar-refractivity contribution in [3.05, 3.63) is 24.0 Å². The lowest BCUT2D eigenvalue weighted by atomic mass is 9.88. The number of hydrogen-bond donors (Lipinski definition) is 4. The zero-order valence-corrected chi connectivity index (χ0v) is 7.55. The Morgan fingerprint density at radius 1 is 1.67 bits per heavy atom. The van der Waals surface area contributed by atoms with Crippen LogP contribution >= 0.6 is 0 Å². The molecule has 1 aliphatic carbocycles. The van der Waals surface area contributed by atoms with E-state index in [9.17, 15) is 9.90 Å². The number of nitrogens with two attached hydrogens (primary N) is 1. The lowest BCUT2D eigenvalue weighted by Gasteiger charge is -2.27. The highest BCUT2D eigenvalue weighted by Crippen LogP contribution is 2.24. The van der Waals surface area contributed by atoms with Crippen molar-refractivity contribution in [2.45, 2.75) is 24.5 Å². The number of aliphatic hydroxyl groups excluding tert-OH is 1. The van der Waals surface area contributed by atoms with Crippen LogP contribution in [0.25, 0.3) is 0 Å². The maximum absolute atomic E-state index is 10.5. The fourth-order valence-electron chi connectivity index (χ4n) is 1.28. The van der Waals surface area contributed by atoms with Crippen LogP contribution in [0.5, 0.6) is 0 Å². The second-order valence-corrected chi connectivity index (χ2v) is 3.42. The van der Waals surface area contributed by atoms with E-state index >= 15 is 0 Å². The Kier molecular flexibility index (Phi) is 4.57. The van der Waals surface area contributed by atoms with Gasteiger partial charge in [0.2, 0.25) is 0 Å². The minimum atomic E-state index is -1.26. The highest BCUT2D eigenvalue weighted by Gasteiger charge is 2.30. The Bertz CT molecular complexity index is 302. The van der Waals surface area contributed by atoms with Crippen molar-refractivity contribution >= 4 is 14.4 Å². The fraction of sp³-hybridized carbons (Fsp3) is 0.444. The van der Waals surface area contributed by atoms with Crippen molar-refractivity contribution in [2.24, 2.45) is 5.73 Å². The summed E-state index contributed by atoms with van der Waals surface area (Å²) in [4.78, 5) is 10.5. The van der Waals surface area contributed by atoms with Gasteiger partial charge in [0.15, 0.2) is 0 Å². The standard InChI is InChI=1S/C9H13NO4.BH3/c10-7(8(12)13)5-9(14)3-1-6(11)2-4-9;/h1-3,7,11,14H,4-5,10H2,(H,12,13);1H3. The lowest BCUT2D eigenvalue weighted by molar-refractivity contribution is -0.139. The van der Waals surface area contributed by atoms with Crippen LogP contribution in [0.1, 0.15) is 12.8 Å². The smallest absolute Gasteiger partial charge is 0.320 e. The highest BCUT2D eigenvalue weighted by atomic mass is 16.4. The molecule has 2 unspecified atom stereocenters. The van der Waals surface area contributed by atoms with Gasteiger partial charge in [0.25, 0.3) is 0 Å². The predicted molar refractivity (Wildman–Crippen MR) is 59.6 cm³/mol. The summed E-state index contributed by atoms with van der Waals surface area (Å²) in [6.07, 6.45) is 4.23. The normalized spacial score (nSPS) is 26.4. The molecule has 0 aromatic carbocycles. The number of allylic oxidation sites excluding steroid dienone is 1. The zero-order valence-electron chi connectivity index (χ0n) is 7.55. The van der Waals surface area contributed by atoms with Gasteiger partial charge in [-0.05, 0) is 18.2 Å². The lowest BCUT2D eigenvalue weighted by Crippen LogP contribution is -2.40. The highest BCUT2D eigenvalue weighted by molar-refractivity contribution is 5.75. The molecule has 0 bridgehead atoms. The van der Waals surface area contributed by atoms with Gasteiger partial charge in [-0.15, -0.1) is 0 Å². The van der Waals surface area contributed by atoms with E-state index in [1.807, 2.05) is 0 Å². The van der Waals surface area contributed by atoms with Crippen LogP contribution in [-0.4, -0.2) is 41.3 Å². The minimum absolute atomic E-state index is 0. The molecule has 0 aromatic heterocycles. The van der Waals surface area contributed by atoms with E-state index in [2.05, 4.69) is 0 Å². The summed E-state index contributed by atoms with van der Waals surface area (Å²) in [5.74, 6) is -1.08. The van der Waals surface area contributed by atoms with E-state index in [4.69, 9.17) is 15.9 Å². The summed E-state index contributed by atoms with van der Waals surface area (Å²) in [7, 11) is 0. The molecule has 2 atom stereocenters. The van der Waals surface area contributed by atoms with Gasteiger partial charge >= 0.3 is 5.97 Å². The molecule has 15 heavy (non-hydrogen) atoms. The van der Waals surface area contributed by atoms with Crippen molar-refractivity contribution in [1.29, 1.82) is 0 Å². The Balaban J connectivity index is 0.00000196. The average molecular weight is 213 g/mol. The number of carboxylic acid groups (broad SMARTS) is 1. The molecule has 5 N–H and O–H groups in total. The van der Waals surface area contributed by atoms with Gasteiger partial charge in [0.05, 0.1) is 14.0 Å². The summed E-state index contributed by atoms with van der Waals surface area (Å²) in [5.41, 5.74) is 4.03. The third-order valence-corrected chi connectivity index (χ3v) is 2.12. The van der Waals surface area contributed by atoms with E-state index in [0.29, 0.717) is 0 Å². The number of hydrogen-bond acceptors (Lipinski definition) is 4. The average Bonchev–Trinajstić information content (AvgIpc) is 2.10. The van der Waals surface area contributed by atoms with Gasteiger partial charge in [-0.3, -0.25) is 4.79 Å². The molecular weight excluding hydrogens is 197 g/mol. The molecule has 0 heterocycles. The van der Waals surface area contributed by atoms with E-state index in [0.717, 1.165) is 0 Å². The van der Waals surface area contributed by atoms with Crippen molar-refractivity contribution in [3.63, 3.8) is 0 Å². The molecule has 1 rings (SSSR count). The maximum Gasteiger partial charge on any atom is 0.320 e. The van der Waals surface area contributed by atoms with Crippen LogP contribution in [0.4, 0.5) is 0 Å². The van der Waals surface area contributed by atoms with E-state index in [1.54, 1.807) is 0 Å². The topological polar surface area (TPSA) is 104 Å². The number of rotatable bonds is 3. The molecule has 0 fully saturated rings. The summed E-state index contributed by atoms with van der Waals surface area (Å²) < 4.78 is 0. The van der Waals surface area contributed by atoms with E-state index in [-0.39, 0.29) is 27.0 Å². The van der Waals surface area contributed by atoms with Crippen LogP contribution in [0.2, 0.25) is 0 Å². The van der Waals surface area contributed by atoms with Gasteiger partial charge < -0.3 is 21.1 Å². The molecule has 0 aliphatic heterocycles.